The maximum absolute atomic E-state index is 13.4. The van der Waals surface area contributed by atoms with Gasteiger partial charge in [-0.05, 0) is 51.4 Å². The number of unbranched alkanes of at least 4 members (excludes halogenated alkanes) is 33. The van der Waals surface area contributed by atoms with E-state index in [1.54, 1.807) is 6.08 Å². The molecule has 90 heavy (non-hydrogen) atoms. The van der Waals surface area contributed by atoms with Crippen LogP contribution in [0.1, 0.15) is 264 Å². The predicted molar refractivity (Wildman–Crippen MR) is 351 cm³/mol. The molecule has 19 nitrogen and oxygen atoms in total. The second-order valence-electron chi connectivity index (χ2n) is 25.7. The highest BCUT2D eigenvalue weighted by Crippen LogP contribution is 2.33. The highest BCUT2D eigenvalue weighted by atomic mass is 16.8. The number of aliphatic hydroxyl groups is 11. The van der Waals surface area contributed by atoms with E-state index in [0.717, 1.165) is 77.0 Å². The summed E-state index contributed by atoms with van der Waals surface area (Å²) in [6, 6.07) is -0.984. The van der Waals surface area contributed by atoms with Gasteiger partial charge < -0.3 is 89.9 Å². The molecule has 3 saturated heterocycles. The molecule has 1 amide bonds. The van der Waals surface area contributed by atoms with Crippen molar-refractivity contribution in [2.75, 3.05) is 26.4 Å². The molecule has 0 bridgehead atoms. The fourth-order valence-electron chi connectivity index (χ4n) is 12.1. The van der Waals surface area contributed by atoms with Crippen LogP contribution in [0.5, 0.6) is 0 Å². The lowest BCUT2D eigenvalue weighted by molar-refractivity contribution is -0.379. The molecule has 0 aliphatic carbocycles. The lowest BCUT2D eigenvalue weighted by Gasteiger charge is -2.48. The number of amides is 1. The third-order valence-electron chi connectivity index (χ3n) is 17.9. The van der Waals surface area contributed by atoms with E-state index < -0.39 is 124 Å². The Kier molecular flexibility index (Phi) is 48.2. The Hall–Kier alpha value is -2.25. The Labute approximate surface area is 542 Å². The molecule has 0 saturated carbocycles. The number of aliphatic hydroxyl groups excluding tert-OH is 11. The van der Waals surface area contributed by atoms with Gasteiger partial charge in [0.1, 0.15) is 73.2 Å². The van der Waals surface area contributed by atoms with Crippen molar-refractivity contribution < 1.29 is 89.4 Å². The zero-order chi connectivity index (χ0) is 65.4. The van der Waals surface area contributed by atoms with Crippen molar-refractivity contribution in [3.8, 4) is 0 Å². The first-order valence-electron chi connectivity index (χ1n) is 35.9. The Bertz CT molecular complexity index is 1820. The van der Waals surface area contributed by atoms with Crippen molar-refractivity contribution in [1.82, 2.24) is 5.32 Å². The molecule has 3 aliphatic heterocycles. The Morgan fingerprint density at radius 1 is 0.411 bits per heavy atom. The molecule has 3 fully saturated rings. The normalized spacial score (nSPS) is 28.3. The molecule has 0 aromatic heterocycles. The summed E-state index contributed by atoms with van der Waals surface area (Å²) in [7, 11) is 0. The van der Waals surface area contributed by atoms with E-state index in [1.807, 2.05) is 6.08 Å². The average molecular weight is 1280 g/mol. The summed E-state index contributed by atoms with van der Waals surface area (Å²) >= 11 is 0. The third-order valence-corrected chi connectivity index (χ3v) is 17.9. The molecule has 0 spiro atoms. The first-order chi connectivity index (χ1) is 43.8. The lowest BCUT2D eigenvalue weighted by atomic mass is 9.96. The van der Waals surface area contributed by atoms with Crippen LogP contribution in [-0.2, 0) is 33.2 Å². The zero-order valence-corrected chi connectivity index (χ0v) is 55.6. The molecule has 0 aromatic carbocycles. The molecule has 0 aromatic rings. The number of hydrogen-bond donors (Lipinski definition) is 12. The summed E-state index contributed by atoms with van der Waals surface area (Å²) < 4.78 is 34.3. The summed E-state index contributed by atoms with van der Waals surface area (Å²) in [5.74, 6) is -0.292. The summed E-state index contributed by atoms with van der Waals surface area (Å²) in [4.78, 5) is 13.4. The largest absolute Gasteiger partial charge is 0.394 e. The average Bonchev–Trinajstić information content (AvgIpc) is 0.866. The topological polar surface area (TPSA) is 307 Å². The number of ether oxygens (including phenoxy) is 6. The summed E-state index contributed by atoms with van der Waals surface area (Å²) in [5.41, 5.74) is 0. The summed E-state index contributed by atoms with van der Waals surface area (Å²) in [6.07, 6.45) is 36.8. The van der Waals surface area contributed by atoms with E-state index in [4.69, 9.17) is 28.4 Å². The Balaban J connectivity index is 1.40. The van der Waals surface area contributed by atoms with Crippen molar-refractivity contribution in [3.05, 3.63) is 48.6 Å². The van der Waals surface area contributed by atoms with Crippen LogP contribution in [0.3, 0.4) is 0 Å². The van der Waals surface area contributed by atoms with Crippen LogP contribution in [0, 0.1) is 0 Å². The summed E-state index contributed by atoms with van der Waals surface area (Å²) in [5, 5.41) is 120. The highest BCUT2D eigenvalue weighted by Gasteiger charge is 2.53. The molecule has 3 heterocycles. The van der Waals surface area contributed by atoms with Gasteiger partial charge >= 0.3 is 0 Å². The van der Waals surface area contributed by atoms with Crippen molar-refractivity contribution >= 4 is 5.91 Å². The molecule has 3 aliphatic rings. The smallest absolute Gasteiger partial charge is 0.220 e. The van der Waals surface area contributed by atoms with E-state index in [1.165, 1.54) is 161 Å². The number of hydrogen-bond acceptors (Lipinski definition) is 18. The molecule has 526 valence electrons. The van der Waals surface area contributed by atoms with Gasteiger partial charge in [-0.1, -0.05) is 255 Å². The first kappa shape index (κ1) is 82.0. The summed E-state index contributed by atoms with van der Waals surface area (Å²) in [6.45, 7) is 1.62. The minimum absolute atomic E-state index is 0.223. The molecule has 12 N–H and O–H groups in total. The van der Waals surface area contributed by atoms with Crippen LogP contribution in [0.15, 0.2) is 48.6 Å². The maximum Gasteiger partial charge on any atom is 0.220 e. The maximum atomic E-state index is 13.4. The van der Waals surface area contributed by atoms with Gasteiger partial charge in [0, 0.05) is 6.42 Å². The molecule has 3 rings (SSSR count). The first-order valence-corrected chi connectivity index (χ1v) is 35.9. The number of allylic oxidation sites excluding steroid dienone is 7. The van der Waals surface area contributed by atoms with Gasteiger partial charge in [-0.15, -0.1) is 0 Å². The standard InChI is InChI=1S/C71H129NO18/c1-3-5-7-9-11-13-15-17-19-20-21-22-23-24-25-26-27-28-29-30-31-32-33-35-36-38-40-42-44-46-48-55(76)54(72-59(77)49-47-45-43-41-39-37-34-18-16-14-12-10-8-6-4-2)53-85-69-65(83)62(80)67(57(51-74)87-69)90-71-66(84)63(81)68(58(52-75)88-71)89-70-64(82)61(79)60(78)56(50-73)86-70/h6,8,12,14,18,34,46,48,54-58,60-71,73-76,78-84H,3-5,7,9-11,13,15-17,19-33,35-45,47,49-53H2,1-2H3,(H,72,77)/b8-6-,14-12-,34-18-,48-46+. The van der Waals surface area contributed by atoms with Crippen LogP contribution in [-0.4, -0.2) is 193 Å². The fraction of sp³-hybridized carbons (Fsp3) is 0.873. The Morgan fingerprint density at radius 2 is 0.767 bits per heavy atom. The van der Waals surface area contributed by atoms with Gasteiger partial charge in [0.05, 0.1) is 38.6 Å². The second kappa shape index (κ2) is 53.0. The van der Waals surface area contributed by atoms with E-state index in [-0.39, 0.29) is 18.9 Å². The van der Waals surface area contributed by atoms with Crippen LogP contribution in [0.2, 0.25) is 0 Å². The van der Waals surface area contributed by atoms with E-state index in [2.05, 4.69) is 55.6 Å². The van der Waals surface area contributed by atoms with Crippen molar-refractivity contribution in [2.45, 2.75) is 369 Å². The van der Waals surface area contributed by atoms with Crippen LogP contribution < -0.4 is 5.32 Å². The molecule has 0 radical (unpaired) electrons. The van der Waals surface area contributed by atoms with Gasteiger partial charge in [0.2, 0.25) is 5.91 Å². The molecular formula is C71H129NO18. The molecule has 17 unspecified atom stereocenters. The van der Waals surface area contributed by atoms with Crippen LogP contribution >= 0.6 is 0 Å². The molecule has 19 heteroatoms. The monoisotopic (exact) mass is 1280 g/mol. The third kappa shape index (κ3) is 34.4. The van der Waals surface area contributed by atoms with Crippen LogP contribution in [0.25, 0.3) is 0 Å². The predicted octanol–water partition coefficient (Wildman–Crippen LogP) is 9.78. The van der Waals surface area contributed by atoms with Gasteiger partial charge in [-0.25, -0.2) is 0 Å². The fourth-order valence-corrected chi connectivity index (χ4v) is 12.1. The van der Waals surface area contributed by atoms with Gasteiger partial charge in [-0.3, -0.25) is 4.79 Å². The van der Waals surface area contributed by atoms with Gasteiger partial charge in [0.15, 0.2) is 18.9 Å². The van der Waals surface area contributed by atoms with Crippen LogP contribution in [0.4, 0.5) is 0 Å². The quantitative estimate of drug-likeness (QED) is 0.0199. The van der Waals surface area contributed by atoms with Crippen molar-refractivity contribution in [2.24, 2.45) is 0 Å². The number of carbonyl (C=O) groups excluding carboxylic acids is 1. The highest BCUT2D eigenvalue weighted by molar-refractivity contribution is 5.76. The molecular weight excluding hydrogens is 1150 g/mol. The van der Waals surface area contributed by atoms with E-state index in [9.17, 15) is 61.0 Å². The second-order valence-corrected chi connectivity index (χ2v) is 25.7. The van der Waals surface area contributed by atoms with Gasteiger partial charge in [0.25, 0.3) is 0 Å². The number of carbonyl (C=O) groups is 1. The number of rotatable bonds is 55. The molecule has 17 atom stereocenters. The Morgan fingerprint density at radius 3 is 1.20 bits per heavy atom. The van der Waals surface area contributed by atoms with Crippen molar-refractivity contribution in [3.63, 3.8) is 0 Å². The lowest BCUT2D eigenvalue weighted by Crippen LogP contribution is -2.66. The van der Waals surface area contributed by atoms with E-state index >= 15 is 0 Å². The number of nitrogens with one attached hydrogen (secondary N) is 1. The SMILES string of the molecule is CC/C=C\C/C=C\C/C=C\CCCCCCCC(=O)NC(COC1OC(CO)C(OC2OC(CO)C(OC3OC(CO)C(O)C(O)C3O)C(O)C2O)C(O)C1O)C(O)/C=C/CCCCCCCCCCCCCCCCCCCCCCCCCCCCCC. The van der Waals surface area contributed by atoms with E-state index in [0.29, 0.717) is 6.42 Å². The van der Waals surface area contributed by atoms with Crippen molar-refractivity contribution in [1.29, 1.82) is 0 Å². The zero-order valence-electron chi connectivity index (χ0n) is 55.6. The minimum atomic E-state index is -1.98. The van der Waals surface area contributed by atoms with Gasteiger partial charge in [-0.2, -0.15) is 0 Å². The minimum Gasteiger partial charge on any atom is -0.394 e.